The topological polar surface area (TPSA) is 38.8 Å². The number of amides is 1. The van der Waals surface area contributed by atoms with E-state index in [2.05, 4.69) is 19.1 Å². The predicted molar refractivity (Wildman–Crippen MR) is 122 cm³/mol. The number of nitrogens with zero attached hydrogens (tertiary/aromatic N) is 1. The summed E-state index contributed by atoms with van der Waals surface area (Å²) in [5.74, 6) is 1.48. The highest BCUT2D eigenvalue weighted by Gasteiger charge is 2.26. The highest BCUT2D eigenvalue weighted by Crippen LogP contribution is 2.34. The smallest absolute Gasteiger partial charge is 0.255 e. The molecule has 4 nitrogen and oxygen atoms in total. The molecule has 0 bridgehead atoms. The van der Waals surface area contributed by atoms with Crippen molar-refractivity contribution >= 4 is 28.9 Å². The second-order valence-corrected chi connectivity index (χ2v) is 8.35. The van der Waals surface area contributed by atoms with Crippen molar-refractivity contribution in [1.29, 1.82) is 0 Å². The number of thiophene rings is 1. The molecule has 1 amide bonds. The molecule has 0 radical (unpaired) electrons. The lowest BCUT2D eigenvalue weighted by molar-refractivity contribution is -0.125. The minimum absolute atomic E-state index is 0.0550. The molecule has 0 aliphatic carbocycles. The molecule has 3 aromatic rings. The van der Waals surface area contributed by atoms with E-state index in [-0.39, 0.29) is 5.91 Å². The lowest BCUT2D eigenvalue weighted by Crippen LogP contribution is -2.36. The molecule has 0 atom stereocenters. The van der Waals surface area contributed by atoms with Gasteiger partial charge in [-0.2, -0.15) is 0 Å². The molecule has 4 rings (SSSR count). The van der Waals surface area contributed by atoms with Gasteiger partial charge in [-0.1, -0.05) is 35.9 Å². The van der Waals surface area contributed by atoms with E-state index in [9.17, 15) is 4.79 Å². The van der Waals surface area contributed by atoms with Crippen molar-refractivity contribution in [2.24, 2.45) is 0 Å². The number of carbonyl (C=O) groups excluding carboxylic acids is 1. The number of rotatable bonds is 5. The molecule has 0 unspecified atom stereocenters. The van der Waals surface area contributed by atoms with Gasteiger partial charge in [0.1, 0.15) is 0 Å². The van der Waals surface area contributed by atoms with Gasteiger partial charge in [0.05, 0.1) is 19.8 Å². The Morgan fingerprint density at radius 1 is 1.03 bits per heavy atom. The van der Waals surface area contributed by atoms with Crippen LogP contribution in [0.15, 0.2) is 53.9 Å². The second-order valence-electron chi connectivity index (χ2n) is 7.40. The van der Waals surface area contributed by atoms with Gasteiger partial charge in [-0.15, -0.1) is 11.3 Å². The van der Waals surface area contributed by atoms with Gasteiger partial charge < -0.3 is 14.4 Å². The molecule has 2 heterocycles. The van der Waals surface area contributed by atoms with Crippen LogP contribution in [0.5, 0.6) is 11.5 Å². The van der Waals surface area contributed by atoms with E-state index in [0.717, 1.165) is 33.7 Å². The van der Waals surface area contributed by atoms with Gasteiger partial charge in [-0.25, -0.2) is 0 Å². The van der Waals surface area contributed by atoms with Crippen LogP contribution in [-0.2, 0) is 17.8 Å². The van der Waals surface area contributed by atoms with E-state index in [1.165, 1.54) is 11.1 Å². The maximum atomic E-state index is 13.6. The first-order valence-electron chi connectivity index (χ1n) is 9.94. The molecular formula is C25H25NO3S. The number of ether oxygens (including phenoxy) is 2. The van der Waals surface area contributed by atoms with Crippen molar-refractivity contribution in [1.82, 2.24) is 4.90 Å². The lowest BCUT2D eigenvalue weighted by atomic mass is 9.97. The van der Waals surface area contributed by atoms with E-state index < -0.39 is 0 Å². The molecule has 0 N–H and O–H groups in total. The van der Waals surface area contributed by atoms with Gasteiger partial charge in [0.15, 0.2) is 11.5 Å². The molecule has 1 aliphatic heterocycles. The van der Waals surface area contributed by atoms with E-state index in [1.807, 2.05) is 52.8 Å². The van der Waals surface area contributed by atoms with Crippen LogP contribution in [0.2, 0.25) is 0 Å². The summed E-state index contributed by atoms with van der Waals surface area (Å²) in [5, 5.41) is 2.01. The number of aryl methyl sites for hydroxylation is 1. The first-order chi connectivity index (χ1) is 14.6. The molecule has 1 aromatic heterocycles. The van der Waals surface area contributed by atoms with Crippen molar-refractivity contribution in [2.45, 2.75) is 19.9 Å². The van der Waals surface area contributed by atoms with Crippen molar-refractivity contribution in [3.63, 3.8) is 0 Å². The monoisotopic (exact) mass is 419 g/mol. The standard InChI is InChI=1S/C25H25NO3S/c1-17-6-4-7-18(12-17)13-21(24-8-5-11-30-24)25(27)26-10-9-19-14-22(28-2)23(29-3)15-20(19)16-26/h4-8,11-15H,9-10,16H2,1-3H3. The van der Waals surface area contributed by atoms with Gasteiger partial charge in [-0.3, -0.25) is 4.79 Å². The molecule has 30 heavy (non-hydrogen) atoms. The Bertz CT molecular complexity index is 1090. The fraction of sp³-hybridized carbons (Fsp3) is 0.240. The summed E-state index contributed by atoms with van der Waals surface area (Å²) in [6, 6.07) is 16.2. The van der Waals surface area contributed by atoms with Gasteiger partial charge in [0.25, 0.3) is 5.91 Å². The van der Waals surface area contributed by atoms with Gasteiger partial charge in [-0.05, 0) is 59.7 Å². The van der Waals surface area contributed by atoms with Crippen molar-refractivity contribution in [3.8, 4) is 11.5 Å². The van der Waals surface area contributed by atoms with E-state index in [1.54, 1.807) is 25.6 Å². The molecule has 1 aliphatic rings. The third kappa shape index (κ3) is 4.12. The van der Waals surface area contributed by atoms with Gasteiger partial charge in [0.2, 0.25) is 0 Å². The molecule has 0 spiro atoms. The Morgan fingerprint density at radius 2 is 1.80 bits per heavy atom. The normalized spacial score (nSPS) is 13.7. The van der Waals surface area contributed by atoms with Gasteiger partial charge in [0, 0.05) is 18.0 Å². The molecule has 0 saturated carbocycles. The predicted octanol–water partition coefficient (Wildman–Crippen LogP) is 5.20. The van der Waals surface area contributed by atoms with Crippen LogP contribution >= 0.6 is 11.3 Å². The van der Waals surface area contributed by atoms with Crippen LogP contribution < -0.4 is 9.47 Å². The highest BCUT2D eigenvalue weighted by atomic mass is 32.1. The number of fused-ring (bicyclic) bond motifs is 1. The Kier molecular flexibility index (Phi) is 5.91. The zero-order valence-corrected chi connectivity index (χ0v) is 18.3. The second kappa shape index (κ2) is 8.76. The molecular weight excluding hydrogens is 394 g/mol. The fourth-order valence-corrected chi connectivity index (χ4v) is 4.56. The Morgan fingerprint density at radius 3 is 2.47 bits per heavy atom. The minimum Gasteiger partial charge on any atom is -0.493 e. The lowest BCUT2D eigenvalue weighted by Gasteiger charge is -2.30. The molecule has 154 valence electrons. The van der Waals surface area contributed by atoms with Crippen LogP contribution in [0.25, 0.3) is 11.6 Å². The third-order valence-corrected chi connectivity index (χ3v) is 6.28. The zero-order chi connectivity index (χ0) is 21.1. The van der Waals surface area contributed by atoms with Crippen LogP contribution in [-0.4, -0.2) is 31.6 Å². The summed E-state index contributed by atoms with van der Waals surface area (Å²) in [5.41, 5.74) is 5.26. The summed E-state index contributed by atoms with van der Waals surface area (Å²) < 4.78 is 10.9. The molecule has 2 aromatic carbocycles. The molecule has 0 saturated heterocycles. The average Bonchev–Trinajstić information content (AvgIpc) is 3.30. The summed E-state index contributed by atoms with van der Waals surface area (Å²) in [6.07, 6.45) is 2.80. The maximum absolute atomic E-state index is 13.6. The van der Waals surface area contributed by atoms with E-state index in [4.69, 9.17) is 9.47 Å². The molecule has 5 heteroatoms. The number of methoxy groups -OCH3 is 2. The maximum Gasteiger partial charge on any atom is 0.255 e. The van der Waals surface area contributed by atoms with Crippen molar-refractivity contribution in [3.05, 3.63) is 81.0 Å². The number of hydrogen-bond acceptors (Lipinski definition) is 4. The number of carbonyl (C=O) groups is 1. The Hall–Kier alpha value is -3.05. The SMILES string of the molecule is COc1cc2c(cc1OC)CN(C(=O)C(=Cc1cccc(C)c1)c1cccs1)CC2. The molecule has 0 fully saturated rings. The van der Waals surface area contributed by atoms with Crippen LogP contribution in [0.1, 0.15) is 27.1 Å². The van der Waals surface area contributed by atoms with Crippen molar-refractivity contribution in [2.75, 3.05) is 20.8 Å². The quantitative estimate of drug-likeness (QED) is 0.534. The van der Waals surface area contributed by atoms with E-state index in [0.29, 0.717) is 18.8 Å². The average molecular weight is 420 g/mol. The minimum atomic E-state index is 0.0550. The van der Waals surface area contributed by atoms with E-state index >= 15 is 0 Å². The van der Waals surface area contributed by atoms with Gasteiger partial charge >= 0.3 is 0 Å². The summed E-state index contributed by atoms with van der Waals surface area (Å²) in [4.78, 5) is 16.5. The first kappa shape index (κ1) is 20.2. The summed E-state index contributed by atoms with van der Waals surface area (Å²) >= 11 is 1.59. The highest BCUT2D eigenvalue weighted by molar-refractivity contribution is 7.11. The Balaban J connectivity index is 1.66. The number of hydrogen-bond donors (Lipinski definition) is 0. The largest absolute Gasteiger partial charge is 0.493 e. The zero-order valence-electron chi connectivity index (χ0n) is 17.5. The summed E-state index contributed by atoms with van der Waals surface area (Å²) in [7, 11) is 3.28. The summed E-state index contributed by atoms with van der Waals surface area (Å²) in [6.45, 7) is 3.30. The van der Waals surface area contributed by atoms with Crippen LogP contribution in [0.3, 0.4) is 0 Å². The van der Waals surface area contributed by atoms with Crippen molar-refractivity contribution < 1.29 is 14.3 Å². The van der Waals surface area contributed by atoms with Crippen LogP contribution in [0, 0.1) is 6.92 Å². The van der Waals surface area contributed by atoms with Crippen LogP contribution in [0.4, 0.5) is 0 Å². The first-order valence-corrected chi connectivity index (χ1v) is 10.8. The third-order valence-electron chi connectivity index (χ3n) is 5.38. The number of benzene rings is 2. The fourth-order valence-electron chi connectivity index (χ4n) is 3.82. The Labute approximate surface area is 181 Å².